The van der Waals surface area contributed by atoms with Crippen molar-refractivity contribution in [2.45, 2.75) is 20.5 Å². The molecule has 0 saturated carbocycles. The monoisotopic (exact) mass is 443 g/mol. The second-order valence-electron chi connectivity index (χ2n) is 6.50. The van der Waals surface area contributed by atoms with Crippen LogP contribution in [0.25, 0.3) is 6.08 Å². The van der Waals surface area contributed by atoms with Crippen molar-refractivity contribution < 1.29 is 23.1 Å². The smallest absolute Gasteiger partial charge is 0.248 e. The van der Waals surface area contributed by atoms with E-state index in [4.69, 9.17) is 4.74 Å². The number of para-hydroxylation sites is 1. The van der Waals surface area contributed by atoms with Crippen LogP contribution in [0.4, 0.5) is 20.2 Å². The minimum absolute atomic E-state index is 0.0459. The Morgan fingerprint density at radius 1 is 1.13 bits per heavy atom. The number of nitrogens with zero attached hydrogens (tertiary/aromatic N) is 1. The normalized spacial score (nSPS) is 10.8. The number of nitrogens with one attached hydrogen (secondary N) is 2. The molecule has 2 aromatic carbocycles. The first kappa shape index (κ1) is 22.1. The van der Waals surface area contributed by atoms with Crippen LogP contribution in [0.1, 0.15) is 23.2 Å². The van der Waals surface area contributed by atoms with Gasteiger partial charge in [0.05, 0.1) is 22.1 Å². The SMILES string of the molecule is CC(=O)Nc1cc(F)c(F)cc1NC(=O)/C=C/c1ccccc1OCc1csc(C)n1. The van der Waals surface area contributed by atoms with E-state index in [1.54, 1.807) is 24.3 Å². The summed E-state index contributed by atoms with van der Waals surface area (Å²) in [6, 6.07) is 8.74. The van der Waals surface area contributed by atoms with Crippen LogP contribution in [0.3, 0.4) is 0 Å². The number of amides is 2. The number of aromatic nitrogens is 1. The Bertz CT molecular complexity index is 1140. The van der Waals surface area contributed by atoms with E-state index in [1.807, 2.05) is 12.3 Å². The number of carbonyl (C=O) groups is 2. The van der Waals surface area contributed by atoms with Gasteiger partial charge < -0.3 is 15.4 Å². The number of aryl methyl sites for hydroxylation is 1. The minimum atomic E-state index is -1.15. The highest BCUT2D eigenvalue weighted by molar-refractivity contribution is 7.09. The molecule has 31 heavy (non-hydrogen) atoms. The summed E-state index contributed by atoms with van der Waals surface area (Å²) in [6.07, 6.45) is 2.77. The number of rotatable bonds is 7. The largest absolute Gasteiger partial charge is 0.487 e. The van der Waals surface area contributed by atoms with E-state index in [9.17, 15) is 18.4 Å². The molecule has 1 heterocycles. The summed E-state index contributed by atoms with van der Waals surface area (Å²) in [4.78, 5) is 28.0. The number of carbonyl (C=O) groups excluding carboxylic acids is 2. The maximum absolute atomic E-state index is 13.6. The number of halogens is 2. The van der Waals surface area contributed by atoms with Crippen LogP contribution in [0, 0.1) is 18.6 Å². The molecule has 3 aromatic rings. The Kier molecular flexibility index (Phi) is 7.09. The highest BCUT2D eigenvalue weighted by Crippen LogP contribution is 2.26. The van der Waals surface area contributed by atoms with Gasteiger partial charge in [-0.1, -0.05) is 18.2 Å². The Balaban J connectivity index is 1.72. The molecular weight excluding hydrogens is 424 g/mol. The minimum Gasteiger partial charge on any atom is -0.487 e. The summed E-state index contributed by atoms with van der Waals surface area (Å²) in [5.41, 5.74) is 1.35. The molecule has 3 rings (SSSR count). The maximum Gasteiger partial charge on any atom is 0.248 e. The van der Waals surface area contributed by atoms with E-state index in [1.165, 1.54) is 30.4 Å². The van der Waals surface area contributed by atoms with Crippen LogP contribution in [0.2, 0.25) is 0 Å². The molecule has 0 atom stereocenters. The van der Waals surface area contributed by atoms with Gasteiger partial charge in [-0.15, -0.1) is 11.3 Å². The van der Waals surface area contributed by atoms with Gasteiger partial charge in [0.1, 0.15) is 12.4 Å². The molecule has 0 fully saturated rings. The van der Waals surface area contributed by atoms with Crippen molar-refractivity contribution in [1.82, 2.24) is 4.98 Å². The van der Waals surface area contributed by atoms with Crippen LogP contribution < -0.4 is 15.4 Å². The molecule has 0 aliphatic heterocycles. The van der Waals surface area contributed by atoms with Crippen molar-refractivity contribution in [2.75, 3.05) is 10.6 Å². The van der Waals surface area contributed by atoms with Crippen molar-refractivity contribution in [3.05, 3.63) is 75.8 Å². The van der Waals surface area contributed by atoms with Gasteiger partial charge in [-0.2, -0.15) is 0 Å². The molecule has 1 aromatic heterocycles. The number of benzene rings is 2. The molecular formula is C22H19F2N3O3S. The van der Waals surface area contributed by atoms with Crippen molar-refractivity contribution in [3.8, 4) is 5.75 Å². The lowest BCUT2D eigenvalue weighted by atomic mass is 10.2. The summed E-state index contributed by atoms with van der Waals surface area (Å²) >= 11 is 1.53. The molecule has 2 N–H and O–H groups in total. The number of hydrogen-bond donors (Lipinski definition) is 2. The van der Waals surface area contributed by atoms with Gasteiger partial charge in [-0.05, 0) is 19.1 Å². The van der Waals surface area contributed by atoms with E-state index < -0.39 is 23.4 Å². The van der Waals surface area contributed by atoms with Crippen LogP contribution in [-0.2, 0) is 16.2 Å². The van der Waals surface area contributed by atoms with Crippen molar-refractivity contribution in [3.63, 3.8) is 0 Å². The lowest BCUT2D eigenvalue weighted by molar-refractivity contribution is -0.114. The third-order valence-corrected chi connectivity index (χ3v) is 4.83. The zero-order valence-corrected chi connectivity index (χ0v) is 17.6. The fraction of sp³-hybridized carbons (Fsp3) is 0.136. The lowest BCUT2D eigenvalue weighted by Gasteiger charge is -2.11. The fourth-order valence-corrected chi connectivity index (χ4v) is 3.26. The fourth-order valence-electron chi connectivity index (χ4n) is 2.66. The Morgan fingerprint density at radius 3 is 2.45 bits per heavy atom. The molecule has 0 aliphatic rings. The molecule has 0 aliphatic carbocycles. The standard InChI is InChI=1S/C22H19F2N3O3S/c1-13(28)25-19-9-17(23)18(24)10-20(19)27-22(29)8-7-15-5-3-4-6-21(15)30-11-16-12-31-14(2)26-16/h3-10,12H,11H2,1-2H3,(H,25,28)(H,27,29)/b8-7+. The molecule has 2 amide bonds. The van der Waals surface area contributed by atoms with Gasteiger partial charge >= 0.3 is 0 Å². The average molecular weight is 443 g/mol. The Morgan fingerprint density at radius 2 is 1.81 bits per heavy atom. The molecule has 0 bridgehead atoms. The number of thiazole rings is 1. The summed E-state index contributed by atoms with van der Waals surface area (Å²) in [5.74, 6) is -2.81. The highest BCUT2D eigenvalue weighted by Gasteiger charge is 2.13. The predicted molar refractivity (Wildman–Crippen MR) is 116 cm³/mol. The van der Waals surface area contributed by atoms with Gasteiger partial charge in [0.25, 0.3) is 0 Å². The maximum atomic E-state index is 13.6. The summed E-state index contributed by atoms with van der Waals surface area (Å²) in [6.45, 7) is 3.42. The van der Waals surface area contributed by atoms with Gasteiger partial charge in [-0.3, -0.25) is 9.59 Å². The van der Waals surface area contributed by atoms with E-state index in [-0.39, 0.29) is 18.0 Å². The molecule has 0 radical (unpaired) electrons. The third-order valence-electron chi connectivity index (χ3n) is 4.00. The molecule has 6 nitrogen and oxygen atoms in total. The van der Waals surface area contributed by atoms with Crippen molar-refractivity contribution in [2.24, 2.45) is 0 Å². The first-order valence-corrected chi connectivity index (χ1v) is 10.1. The van der Waals surface area contributed by atoms with Crippen molar-refractivity contribution in [1.29, 1.82) is 0 Å². The highest BCUT2D eigenvalue weighted by atomic mass is 32.1. The van der Waals surface area contributed by atoms with Crippen LogP contribution >= 0.6 is 11.3 Å². The molecule has 0 spiro atoms. The van der Waals surface area contributed by atoms with Crippen LogP contribution in [-0.4, -0.2) is 16.8 Å². The summed E-state index contributed by atoms with van der Waals surface area (Å²) in [5, 5.41) is 7.65. The number of ether oxygens (including phenoxy) is 1. The number of hydrogen-bond acceptors (Lipinski definition) is 5. The molecule has 160 valence electrons. The van der Waals surface area contributed by atoms with Gasteiger partial charge in [0, 0.05) is 36.1 Å². The summed E-state index contributed by atoms with van der Waals surface area (Å²) in [7, 11) is 0. The average Bonchev–Trinajstić information content (AvgIpc) is 3.14. The Hall–Kier alpha value is -3.59. The second-order valence-corrected chi connectivity index (χ2v) is 7.56. The first-order chi connectivity index (χ1) is 14.8. The van der Waals surface area contributed by atoms with E-state index >= 15 is 0 Å². The van der Waals surface area contributed by atoms with Crippen LogP contribution in [0.5, 0.6) is 5.75 Å². The molecule has 0 unspecified atom stereocenters. The van der Waals surface area contributed by atoms with Gasteiger partial charge in [0.2, 0.25) is 11.8 Å². The Labute approximate surface area is 181 Å². The van der Waals surface area contributed by atoms with Gasteiger partial charge in [0.15, 0.2) is 11.6 Å². The van der Waals surface area contributed by atoms with E-state index in [0.717, 1.165) is 22.8 Å². The topological polar surface area (TPSA) is 80.3 Å². The zero-order chi connectivity index (χ0) is 22.4. The molecule has 0 saturated heterocycles. The van der Waals surface area contributed by atoms with Crippen molar-refractivity contribution >= 4 is 40.6 Å². The van der Waals surface area contributed by atoms with Gasteiger partial charge in [-0.25, -0.2) is 13.8 Å². The quantitative estimate of drug-likeness (QED) is 0.508. The zero-order valence-electron chi connectivity index (χ0n) is 16.7. The predicted octanol–water partition coefficient (Wildman–Crippen LogP) is 4.92. The van der Waals surface area contributed by atoms with E-state index in [2.05, 4.69) is 15.6 Å². The number of anilines is 2. The first-order valence-electron chi connectivity index (χ1n) is 9.20. The third kappa shape index (κ3) is 6.19. The second kappa shape index (κ2) is 9.94. The van der Waals surface area contributed by atoms with Crippen LogP contribution in [0.15, 0.2) is 47.9 Å². The lowest BCUT2D eigenvalue weighted by Crippen LogP contribution is -2.14. The van der Waals surface area contributed by atoms with E-state index in [0.29, 0.717) is 11.3 Å². The summed E-state index contributed by atoms with van der Waals surface area (Å²) < 4.78 is 32.9. The molecule has 9 heteroatoms.